The van der Waals surface area contributed by atoms with Crippen LogP contribution < -0.4 is 10.6 Å². The van der Waals surface area contributed by atoms with Crippen LogP contribution in [0.4, 0.5) is 30.6 Å². The second-order valence-corrected chi connectivity index (χ2v) is 6.80. The fourth-order valence-corrected chi connectivity index (χ4v) is 3.76. The standard InChI is InChI=1S/C16H19F3N6/c1-8-13(7-22-25(8)11-4-9-3-10(9)5-11)23-15-21-6-12(16(17,18)19)14(20-2)24-15/h6-7,9-11H,3-5H2,1-2H3,(H2,20,21,23,24). The molecule has 134 valence electrons. The monoisotopic (exact) mass is 352 g/mol. The highest BCUT2D eigenvalue weighted by atomic mass is 19.4. The summed E-state index contributed by atoms with van der Waals surface area (Å²) in [4.78, 5) is 7.73. The van der Waals surface area contributed by atoms with Gasteiger partial charge in [-0.1, -0.05) is 0 Å². The van der Waals surface area contributed by atoms with Crippen LogP contribution in [0.15, 0.2) is 12.4 Å². The number of hydrogen-bond acceptors (Lipinski definition) is 5. The lowest BCUT2D eigenvalue weighted by Gasteiger charge is -2.15. The first-order valence-electron chi connectivity index (χ1n) is 8.30. The Balaban J connectivity index is 1.55. The largest absolute Gasteiger partial charge is 0.421 e. The highest BCUT2D eigenvalue weighted by Crippen LogP contribution is 2.56. The van der Waals surface area contributed by atoms with Crippen LogP contribution >= 0.6 is 0 Å². The highest BCUT2D eigenvalue weighted by Gasteiger charge is 2.47. The summed E-state index contributed by atoms with van der Waals surface area (Å²) < 4.78 is 40.8. The van der Waals surface area contributed by atoms with Crippen molar-refractivity contribution in [2.45, 2.75) is 38.4 Å². The number of halogens is 3. The normalized spacial score (nSPS) is 24.9. The fraction of sp³-hybridized carbons (Fsp3) is 0.562. The minimum atomic E-state index is -4.50. The molecule has 9 heteroatoms. The molecule has 0 spiro atoms. The molecule has 0 amide bonds. The number of fused-ring (bicyclic) bond motifs is 1. The Bertz CT molecular complexity index is 790. The van der Waals surface area contributed by atoms with Gasteiger partial charge in [-0.15, -0.1) is 0 Å². The molecule has 6 nitrogen and oxygen atoms in total. The van der Waals surface area contributed by atoms with Crippen molar-refractivity contribution in [3.63, 3.8) is 0 Å². The Morgan fingerprint density at radius 3 is 2.52 bits per heavy atom. The van der Waals surface area contributed by atoms with E-state index in [1.807, 2.05) is 11.6 Å². The molecule has 2 aliphatic carbocycles. The van der Waals surface area contributed by atoms with Crippen molar-refractivity contribution in [1.82, 2.24) is 19.7 Å². The van der Waals surface area contributed by atoms with E-state index in [0.717, 1.165) is 36.6 Å². The molecule has 2 unspecified atom stereocenters. The zero-order chi connectivity index (χ0) is 17.8. The zero-order valence-corrected chi connectivity index (χ0v) is 13.9. The molecule has 2 N–H and O–H groups in total. The molecule has 2 aliphatic rings. The molecule has 2 atom stereocenters. The van der Waals surface area contributed by atoms with Crippen LogP contribution in [0.1, 0.15) is 36.6 Å². The van der Waals surface area contributed by atoms with E-state index in [4.69, 9.17) is 0 Å². The van der Waals surface area contributed by atoms with Gasteiger partial charge in [0.25, 0.3) is 0 Å². The number of rotatable bonds is 4. The van der Waals surface area contributed by atoms with E-state index >= 15 is 0 Å². The van der Waals surface area contributed by atoms with Crippen LogP contribution in [0.5, 0.6) is 0 Å². The topological polar surface area (TPSA) is 67.7 Å². The summed E-state index contributed by atoms with van der Waals surface area (Å²) in [5, 5.41) is 9.90. The van der Waals surface area contributed by atoms with Crippen LogP contribution in [0, 0.1) is 18.8 Å². The number of anilines is 3. The Morgan fingerprint density at radius 1 is 1.16 bits per heavy atom. The maximum Gasteiger partial charge on any atom is 0.421 e. The van der Waals surface area contributed by atoms with Gasteiger partial charge in [-0.2, -0.15) is 23.3 Å². The number of nitrogens with zero attached hydrogens (tertiary/aromatic N) is 4. The summed E-state index contributed by atoms with van der Waals surface area (Å²) in [5.74, 6) is 1.54. The lowest BCUT2D eigenvalue weighted by molar-refractivity contribution is -0.137. The summed E-state index contributed by atoms with van der Waals surface area (Å²) in [5.41, 5.74) is 0.765. The van der Waals surface area contributed by atoms with Crippen LogP contribution in [0.25, 0.3) is 0 Å². The maximum absolute atomic E-state index is 12.9. The Morgan fingerprint density at radius 2 is 1.88 bits per heavy atom. The predicted octanol–water partition coefficient (Wildman–Crippen LogP) is 3.76. The van der Waals surface area contributed by atoms with Gasteiger partial charge in [-0.25, -0.2) is 4.98 Å². The zero-order valence-electron chi connectivity index (χ0n) is 13.9. The Kier molecular flexibility index (Phi) is 3.62. The number of alkyl halides is 3. The van der Waals surface area contributed by atoms with Crippen LogP contribution in [-0.4, -0.2) is 26.8 Å². The van der Waals surface area contributed by atoms with Crippen LogP contribution in [0.3, 0.4) is 0 Å². The van der Waals surface area contributed by atoms with Gasteiger partial charge < -0.3 is 10.6 Å². The molecule has 0 aliphatic heterocycles. The number of aromatic nitrogens is 4. The molecule has 0 radical (unpaired) electrons. The predicted molar refractivity (Wildman–Crippen MR) is 86.7 cm³/mol. The summed E-state index contributed by atoms with van der Waals surface area (Å²) >= 11 is 0. The lowest BCUT2D eigenvalue weighted by Crippen LogP contribution is -2.13. The SMILES string of the molecule is CNc1nc(Nc2cnn(C3CC4CC4C3)c2C)ncc1C(F)(F)F. The van der Waals surface area contributed by atoms with Crippen LogP contribution in [-0.2, 0) is 6.18 Å². The molecule has 2 fully saturated rings. The number of hydrogen-bond donors (Lipinski definition) is 2. The molecule has 4 rings (SSSR count). The van der Waals surface area contributed by atoms with Gasteiger partial charge in [-0.3, -0.25) is 4.68 Å². The van der Waals surface area contributed by atoms with Crippen molar-refractivity contribution in [3.05, 3.63) is 23.7 Å². The Labute approximate surface area is 142 Å². The quantitative estimate of drug-likeness (QED) is 0.877. The molecule has 2 heterocycles. The van der Waals surface area contributed by atoms with E-state index in [1.165, 1.54) is 13.5 Å². The molecule has 2 aromatic heterocycles. The van der Waals surface area contributed by atoms with E-state index in [0.29, 0.717) is 11.7 Å². The van der Waals surface area contributed by atoms with Crippen molar-refractivity contribution in [2.75, 3.05) is 17.7 Å². The van der Waals surface area contributed by atoms with Gasteiger partial charge in [0.05, 0.1) is 23.6 Å². The highest BCUT2D eigenvalue weighted by molar-refractivity contribution is 5.58. The minimum Gasteiger partial charge on any atom is -0.372 e. The van der Waals surface area contributed by atoms with Gasteiger partial charge in [0.2, 0.25) is 5.95 Å². The van der Waals surface area contributed by atoms with E-state index in [1.54, 1.807) is 6.20 Å². The average Bonchev–Trinajstić information content (AvgIpc) is 3.00. The lowest BCUT2D eigenvalue weighted by atomic mass is 10.1. The van der Waals surface area contributed by atoms with Crippen molar-refractivity contribution >= 4 is 17.5 Å². The van der Waals surface area contributed by atoms with Crippen molar-refractivity contribution in [3.8, 4) is 0 Å². The van der Waals surface area contributed by atoms with E-state index in [-0.39, 0.29) is 11.8 Å². The van der Waals surface area contributed by atoms with Gasteiger partial charge in [0.15, 0.2) is 0 Å². The molecule has 25 heavy (non-hydrogen) atoms. The molecule has 0 aromatic carbocycles. The second-order valence-electron chi connectivity index (χ2n) is 6.80. The molecule has 0 saturated heterocycles. The third kappa shape index (κ3) is 2.91. The fourth-order valence-electron chi connectivity index (χ4n) is 3.76. The third-order valence-electron chi connectivity index (χ3n) is 5.19. The second kappa shape index (κ2) is 5.60. The smallest absolute Gasteiger partial charge is 0.372 e. The molecule has 2 aromatic rings. The molecular weight excluding hydrogens is 333 g/mol. The van der Waals surface area contributed by atoms with E-state index in [9.17, 15) is 13.2 Å². The van der Waals surface area contributed by atoms with E-state index in [2.05, 4.69) is 25.7 Å². The molecule has 2 saturated carbocycles. The summed E-state index contributed by atoms with van der Waals surface area (Å²) in [6.07, 6.45) is 1.63. The van der Waals surface area contributed by atoms with Gasteiger partial charge >= 0.3 is 6.18 Å². The summed E-state index contributed by atoms with van der Waals surface area (Å²) in [6.45, 7) is 1.95. The first-order chi connectivity index (χ1) is 11.9. The third-order valence-corrected chi connectivity index (χ3v) is 5.19. The van der Waals surface area contributed by atoms with Gasteiger partial charge in [0, 0.05) is 13.2 Å². The van der Waals surface area contributed by atoms with E-state index < -0.39 is 11.7 Å². The first kappa shape index (κ1) is 16.2. The van der Waals surface area contributed by atoms with Crippen molar-refractivity contribution in [2.24, 2.45) is 11.8 Å². The summed E-state index contributed by atoms with van der Waals surface area (Å²) in [7, 11) is 1.40. The van der Waals surface area contributed by atoms with Crippen LogP contribution in [0.2, 0.25) is 0 Å². The van der Waals surface area contributed by atoms with Crippen molar-refractivity contribution < 1.29 is 13.2 Å². The summed E-state index contributed by atoms with van der Waals surface area (Å²) in [6, 6.07) is 0.417. The van der Waals surface area contributed by atoms with Gasteiger partial charge in [-0.05, 0) is 38.0 Å². The minimum absolute atomic E-state index is 0.106. The molecular formula is C16H19F3N6. The maximum atomic E-state index is 12.9. The Hall–Kier alpha value is -2.32. The number of nitrogens with one attached hydrogen (secondary N) is 2. The van der Waals surface area contributed by atoms with Gasteiger partial charge in [0.1, 0.15) is 11.4 Å². The average molecular weight is 352 g/mol. The molecule has 0 bridgehead atoms. The van der Waals surface area contributed by atoms with Crippen molar-refractivity contribution in [1.29, 1.82) is 0 Å². The first-order valence-corrected chi connectivity index (χ1v) is 8.30.